The maximum absolute atomic E-state index is 14.3. The largest absolute Gasteiger partial charge is 0.460 e. The van der Waals surface area contributed by atoms with Gasteiger partial charge in [0.05, 0.1) is 31.2 Å². The Balaban J connectivity index is 1.82. The number of nitrogens with zero attached hydrogens (tertiary/aromatic N) is 2. The van der Waals surface area contributed by atoms with E-state index >= 15 is 0 Å². The van der Waals surface area contributed by atoms with Crippen molar-refractivity contribution in [1.29, 1.82) is 0 Å². The van der Waals surface area contributed by atoms with E-state index in [9.17, 15) is 24.3 Å². The molecule has 38 heavy (non-hydrogen) atoms. The van der Waals surface area contributed by atoms with Gasteiger partial charge in [-0.15, -0.1) is 0 Å². The molecular formula is C28H41N3O7. The molecule has 1 spiro atoms. The van der Waals surface area contributed by atoms with Gasteiger partial charge in [0.1, 0.15) is 23.7 Å². The fourth-order valence-corrected chi connectivity index (χ4v) is 6.18. The number of unbranched alkanes of at least 4 members (excludes halogenated alkanes) is 1. The third-order valence-corrected chi connectivity index (χ3v) is 8.15. The lowest BCUT2D eigenvalue weighted by molar-refractivity contribution is -0.160. The Kier molecular flexibility index (Phi) is 8.62. The number of fused-ring (bicyclic) bond motifs is 2. The Hall–Kier alpha value is -2.72. The van der Waals surface area contributed by atoms with Gasteiger partial charge in [-0.25, -0.2) is 0 Å². The Labute approximate surface area is 224 Å². The molecule has 10 nitrogen and oxygen atoms in total. The zero-order valence-electron chi connectivity index (χ0n) is 22.8. The monoisotopic (exact) mass is 531 g/mol. The fraction of sp³-hybridized carbons (Fsp3) is 0.714. The third-order valence-electron chi connectivity index (χ3n) is 8.15. The predicted octanol–water partition coefficient (Wildman–Crippen LogP) is 1.18. The molecule has 4 heterocycles. The van der Waals surface area contributed by atoms with Gasteiger partial charge in [-0.05, 0) is 25.7 Å². The van der Waals surface area contributed by atoms with Crippen molar-refractivity contribution in [3.63, 3.8) is 0 Å². The molecule has 2 fully saturated rings. The van der Waals surface area contributed by atoms with Crippen molar-refractivity contribution in [1.82, 2.24) is 15.1 Å². The second kappa shape index (κ2) is 11.6. The van der Waals surface area contributed by atoms with Gasteiger partial charge in [0, 0.05) is 19.5 Å². The predicted molar refractivity (Wildman–Crippen MR) is 138 cm³/mol. The van der Waals surface area contributed by atoms with Crippen molar-refractivity contribution < 1.29 is 33.8 Å². The number of hydrogen-bond donors (Lipinski definition) is 2. The molecule has 4 aliphatic heterocycles. The van der Waals surface area contributed by atoms with E-state index in [0.717, 1.165) is 12.8 Å². The lowest BCUT2D eigenvalue weighted by atomic mass is 9.78. The summed E-state index contributed by atoms with van der Waals surface area (Å²) in [6.45, 7) is 8.29. The van der Waals surface area contributed by atoms with Crippen LogP contribution in [0.2, 0.25) is 0 Å². The van der Waals surface area contributed by atoms with E-state index in [1.807, 2.05) is 19.9 Å². The van der Waals surface area contributed by atoms with Crippen LogP contribution in [0.5, 0.6) is 0 Å². The van der Waals surface area contributed by atoms with E-state index in [-0.39, 0.29) is 43.2 Å². The molecule has 2 N–H and O–H groups in total. The van der Waals surface area contributed by atoms with E-state index in [4.69, 9.17) is 9.47 Å². The quantitative estimate of drug-likeness (QED) is 0.389. The molecule has 0 saturated carbocycles. The number of aliphatic hydroxyl groups excluding tert-OH is 1. The summed E-state index contributed by atoms with van der Waals surface area (Å²) >= 11 is 0. The van der Waals surface area contributed by atoms with Gasteiger partial charge in [-0.2, -0.15) is 0 Å². The summed E-state index contributed by atoms with van der Waals surface area (Å²) in [5.74, 6) is -3.47. The van der Waals surface area contributed by atoms with Gasteiger partial charge in [-0.3, -0.25) is 19.2 Å². The van der Waals surface area contributed by atoms with Crippen LogP contribution in [-0.4, -0.2) is 94.7 Å². The Morgan fingerprint density at radius 2 is 1.95 bits per heavy atom. The number of ether oxygens (including phenoxy) is 2. The number of carbonyl (C=O) groups is 4. The van der Waals surface area contributed by atoms with Crippen molar-refractivity contribution >= 4 is 23.7 Å². The van der Waals surface area contributed by atoms with Crippen LogP contribution < -0.4 is 5.32 Å². The zero-order chi connectivity index (χ0) is 27.6. The van der Waals surface area contributed by atoms with Crippen molar-refractivity contribution in [2.75, 3.05) is 26.2 Å². The minimum Gasteiger partial charge on any atom is -0.460 e. The number of nitrogens with one attached hydrogen (secondary N) is 1. The first kappa shape index (κ1) is 28.3. The average Bonchev–Trinajstić information content (AvgIpc) is 3.26. The lowest BCUT2D eigenvalue weighted by Gasteiger charge is -2.39. The molecule has 10 heteroatoms. The standard InChI is InChI=1S/C28H41N3O7/c1-5-6-13-30-14-9-12-28-23(25(34)31(24(28)26(30)35)19(16-32)17(2)3)22-20(38-28)10-7-8-11-21(33)29-15-18(4)37-27(22)36/h7,9-10,12,17-20,22-24,32H,5-6,8,11,13-16H2,1-4H3,(H,29,33)/b10-7-/t18-,19+,20-,22+,23+,24-,28+/m1/s1. The summed E-state index contributed by atoms with van der Waals surface area (Å²) in [5, 5.41) is 13.1. The Morgan fingerprint density at radius 1 is 1.18 bits per heavy atom. The van der Waals surface area contributed by atoms with Gasteiger partial charge in [0.25, 0.3) is 0 Å². The van der Waals surface area contributed by atoms with E-state index in [1.165, 1.54) is 4.90 Å². The highest BCUT2D eigenvalue weighted by Crippen LogP contribution is 2.54. The lowest BCUT2D eigenvalue weighted by Crippen LogP contribution is -2.59. The maximum Gasteiger partial charge on any atom is 0.313 e. The van der Waals surface area contributed by atoms with Crippen molar-refractivity contribution in [2.24, 2.45) is 17.8 Å². The van der Waals surface area contributed by atoms with E-state index in [0.29, 0.717) is 19.5 Å². The van der Waals surface area contributed by atoms with E-state index < -0.39 is 47.7 Å². The second-order valence-corrected chi connectivity index (χ2v) is 11.1. The summed E-state index contributed by atoms with van der Waals surface area (Å²) in [4.78, 5) is 57.3. The minimum absolute atomic E-state index is 0.133. The minimum atomic E-state index is -1.38. The SMILES string of the molecule is CCCCN1CC=C[C@]23O[C@@H]4/C=C\CCC(=O)NC[C@@H](C)OC(=O)[C@@H]4[C@H]2C(=O)N([C@@H](CO)C(C)C)[C@@H]3C1=O. The normalized spacial score (nSPS) is 35.5. The summed E-state index contributed by atoms with van der Waals surface area (Å²) in [7, 11) is 0. The fourth-order valence-electron chi connectivity index (χ4n) is 6.18. The average molecular weight is 532 g/mol. The zero-order valence-corrected chi connectivity index (χ0v) is 22.8. The van der Waals surface area contributed by atoms with Crippen LogP contribution in [0.1, 0.15) is 53.4 Å². The van der Waals surface area contributed by atoms with Gasteiger partial charge in [0.2, 0.25) is 17.7 Å². The molecule has 4 rings (SSSR count). The molecule has 0 aromatic rings. The van der Waals surface area contributed by atoms with Gasteiger partial charge < -0.3 is 29.7 Å². The number of amides is 3. The molecule has 4 aliphatic rings. The number of rotatable bonds is 6. The van der Waals surface area contributed by atoms with Crippen LogP contribution in [0, 0.1) is 17.8 Å². The number of cyclic esters (lactones) is 1. The Morgan fingerprint density at radius 3 is 2.63 bits per heavy atom. The third kappa shape index (κ3) is 5.00. The highest BCUT2D eigenvalue weighted by Gasteiger charge is 2.72. The topological polar surface area (TPSA) is 125 Å². The number of likely N-dealkylation sites (tertiary alicyclic amines) is 1. The van der Waals surface area contributed by atoms with Gasteiger partial charge in [0.15, 0.2) is 0 Å². The maximum atomic E-state index is 14.3. The molecule has 0 unspecified atom stereocenters. The molecule has 0 aromatic heterocycles. The number of hydrogen-bond acceptors (Lipinski definition) is 7. The molecule has 2 saturated heterocycles. The number of esters is 1. The molecule has 0 aromatic carbocycles. The first-order chi connectivity index (χ1) is 18.2. The molecule has 7 atom stereocenters. The molecular weight excluding hydrogens is 490 g/mol. The van der Waals surface area contributed by atoms with Crippen LogP contribution in [-0.2, 0) is 28.7 Å². The molecule has 210 valence electrons. The summed E-state index contributed by atoms with van der Waals surface area (Å²) in [6, 6.07) is -1.63. The van der Waals surface area contributed by atoms with Gasteiger partial charge in [-0.1, -0.05) is 51.5 Å². The van der Waals surface area contributed by atoms with Crippen molar-refractivity contribution in [2.45, 2.75) is 83.3 Å². The highest BCUT2D eigenvalue weighted by atomic mass is 16.6. The Bertz CT molecular complexity index is 995. The first-order valence-corrected chi connectivity index (χ1v) is 13.9. The first-order valence-electron chi connectivity index (χ1n) is 13.9. The van der Waals surface area contributed by atoms with Gasteiger partial charge >= 0.3 is 5.97 Å². The van der Waals surface area contributed by atoms with Crippen molar-refractivity contribution in [3.05, 3.63) is 24.3 Å². The van der Waals surface area contributed by atoms with Crippen LogP contribution in [0.4, 0.5) is 0 Å². The van der Waals surface area contributed by atoms with E-state index in [2.05, 4.69) is 12.2 Å². The number of carbonyl (C=O) groups excluding carboxylic acids is 4. The summed E-state index contributed by atoms with van der Waals surface area (Å²) in [6.07, 6.45) is 8.19. The van der Waals surface area contributed by atoms with Crippen LogP contribution in [0.15, 0.2) is 24.3 Å². The summed E-state index contributed by atoms with van der Waals surface area (Å²) in [5.41, 5.74) is -1.38. The summed E-state index contributed by atoms with van der Waals surface area (Å²) < 4.78 is 12.3. The van der Waals surface area contributed by atoms with Crippen LogP contribution in [0.3, 0.4) is 0 Å². The molecule has 0 radical (unpaired) electrons. The smallest absolute Gasteiger partial charge is 0.313 e. The molecule has 0 aliphatic carbocycles. The van der Waals surface area contributed by atoms with Crippen molar-refractivity contribution in [3.8, 4) is 0 Å². The molecule has 0 bridgehead atoms. The number of aliphatic hydroxyl groups is 1. The number of allylic oxidation sites excluding steroid dienone is 1. The van der Waals surface area contributed by atoms with Crippen LogP contribution in [0.25, 0.3) is 0 Å². The van der Waals surface area contributed by atoms with E-state index in [1.54, 1.807) is 30.1 Å². The highest BCUT2D eigenvalue weighted by molar-refractivity contribution is 5.99. The molecule has 3 amide bonds. The second-order valence-electron chi connectivity index (χ2n) is 11.1. The van der Waals surface area contributed by atoms with Crippen LogP contribution >= 0.6 is 0 Å².